The van der Waals surface area contributed by atoms with Gasteiger partial charge in [-0.1, -0.05) is 12.1 Å². The van der Waals surface area contributed by atoms with E-state index >= 15 is 0 Å². The Bertz CT molecular complexity index is 772. The Morgan fingerprint density at radius 1 is 1.12 bits per heavy atom. The van der Waals surface area contributed by atoms with Crippen molar-refractivity contribution in [1.82, 2.24) is 9.97 Å². The van der Waals surface area contributed by atoms with Crippen molar-refractivity contribution >= 4 is 23.4 Å². The summed E-state index contributed by atoms with van der Waals surface area (Å²) in [6, 6.07) is 8.38. The maximum Gasteiger partial charge on any atom is 0.339 e. The summed E-state index contributed by atoms with van der Waals surface area (Å²) >= 11 is 0. The molecular weight excluding hydrogens is 320 g/mol. The minimum atomic E-state index is -0.507. The molecule has 0 unspecified atom stereocenters. The van der Waals surface area contributed by atoms with Crippen LogP contribution in [0.4, 0.5) is 11.5 Å². The van der Waals surface area contributed by atoms with Crippen LogP contribution in [0, 0.1) is 0 Å². The highest BCUT2D eigenvalue weighted by Crippen LogP contribution is 2.19. The predicted molar refractivity (Wildman–Crippen MR) is 93.8 cm³/mol. The maximum absolute atomic E-state index is 12.5. The van der Waals surface area contributed by atoms with Crippen LogP contribution in [-0.4, -0.2) is 42.0 Å². The Hall–Kier alpha value is -2.96. The van der Waals surface area contributed by atoms with Gasteiger partial charge in [0.2, 0.25) is 0 Å². The van der Waals surface area contributed by atoms with Crippen molar-refractivity contribution in [3.8, 4) is 0 Å². The third kappa shape index (κ3) is 3.93. The molecule has 3 rings (SSSR count). The molecule has 0 saturated carbocycles. The lowest BCUT2D eigenvalue weighted by molar-refractivity contribution is 0.0602. The van der Waals surface area contributed by atoms with Crippen LogP contribution in [0.5, 0.6) is 0 Å². The zero-order valence-electron chi connectivity index (χ0n) is 14.1. The monoisotopic (exact) mass is 340 g/mol. The quantitative estimate of drug-likeness (QED) is 0.861. The molecular formula is C18H20N4O3. The van der Waals surface area contributed by atoms with E-state index in [1.54, 1.807) is 30.3 Å². The van der Waals surface area contributed by atoms with Gasteiger partial charge < -0.3 is 15.0 Å². The second-order valence-electron chi connectivity index (χ2n) is 5.80. The summed E-state index contributed by atoms with van der Waals surface area (Å²) in [5.41, 5.74) is 0.941. The molecule has 1 aliphatic heterocycles. The molecule has 1 aromatic heterocycles. The first-order valence-electron chi connectivity index (χ1n) is 8.24. The number of methoxy groups -OCH3 is 1. The molecule has 7 heteroatoms. The van der Waals surface area contributed by atoms with Gasteiger partial charge in [0.25, 0.3) is 5.91 Å². The standard InChI is InChI=1S/C18H20N4O3/c1-25-18(24)13-7-3-4-8-14(13)21-17(23)15-11-16(20-12-19-15)22-9-5-2-6-10-22/h3-4,7-8,11-12H,2,5-6,9-10H2,1H3,(H,21,23). The number of carbonyl (C=O) groups excluding carboxylic acids is 2. The number of anilines is 2. The number of nitrogens with zero attached hydrogens (tertiary/aromatic N) is 3. The fraction of sp³-hybridized carbons (Fsp3) is 0.333. The number of benzene rings is 1. The number of nitrogens with one attached hydrogen (secondary N) is 1. The molecule has 0 bridgehead atoms. The van der Waals surface area contributed by atoms with Crippen molar-refractivity contribution in [3.63, 3.8) is 0 Å². The van der Waals surface area contributed by atoms with Crippen LogP contribution < -0.4 is 10.2 Å². The first-order chi connectivity index (χ1) is 12.2. The molecule has 130 valence electrons. The highest BCUT2D eigenvalue weighted by Gasteiger charge is 2.17. The predicted octanol–water partition coefficient (Wildman–Crippen LogP) is 2.51. The zero-order valence-corrected chi connectivity index (χ0v) is 14.1. The average molecular weight is 340 g/mol. The Labute approximate surface area is 146 Å². The van der Waals surface area contributed by atoms with Crippen molar-refractivity contribution < 1.29 is 14.3 Å². The molecule has 1 aliphatic rings. The van der Waals surface area contributed by atoms with E-state index in [1.165, 1.54) is 19.9 Å². The smallest absolute Gasteiger partial charge is 0.339 e. The molecule has 1 fully saturated rings. The van der Waals surface area contributed by atoms with Crippen LogP contribution in [0.1, 0.15) is 40.1 Å². The van der Waals surface area contributed by atoms with Crippen LogP contribution in [0.25, 0.3) is 0 Å². The normalized spacial score (nSPS) is 14.0. The number of carbonyl (C=O) groups is 2. The minimum absolute atomic E-state index is 0.259. The van der Waals surface area contributed by atoms with E-state index in [0.29, 0.717) is 11.3 Å². The zero-order chi connectivity index (χ0) is 17.6. The highest BCUT2D eigenvalue weighted by molar-refractivity contribution is 6.07. The third-order valence-electron chi connectivity index (χ3n) is 4.15. The number of piperidine rings is 1. The summed E-state index contributed by atoms with van der Waals surface area (Å²) in [7, 11) is 1.30. The van der Waals surface area contributed by atoms with Gasteiger partial charge in [0.15, 0.2) is 0 Å². The summed E-state index contributed by atoms with van der Waals surface area (Å²) in [4.78, 5) is 34.8. The lowest BCUT2D eigenvalue weighted by atomic mass is 10.1. The Balaban J connectivity index is 1.79. The molecule has 2 heterocycles. The Morgan fingerprint density at radius 3 is 2.64 bits per heavy atom. The van der Waals surface area contributed by atoms with Crippen LogP contribution in [0.15, 0.2) is 36.7 Å². The topological polar surface area (TPSA) is 84.4 Å². The molecule has 1 N–H and O–H groups in total. The summed E-state index contributed by atoms with van der Waals surface area (Å²) in [6.07, 6.45) is 4.86. The van der Waals surface area contributed by atoms with E-state index in [0.717, 1.165) is 31.7 Å². The number of aromatic nitrogens is 2. The van der Waals surface area contributed by atoms with Crippen LogP contribution in [0.2, 0.25) is 0 Å². The first-order valence-corrected chi connectivity index (χ1v) is 8.24. The molecule has 2 aromatic rings. The Morgan fingerprint density at radius 2 is 1.88 bits per heavy atom. The minimum Gasteiger partial charge on any atom is -0.465 e. The van der Waals surface area contributed by atoms with Crippen molar-refractivity contribution in [2.75, 3.05) is 30.4 Å². The van der Waals surface area contributed by atoms with Gasteiger partial charge in [0, 0.05) is 19.2 Å². The average Bonchev–Trinajstić information content (AvgIpc) is 2.68. The van der Waals surface area contributed by atoms with Gasteiger partial charge in [-0.3, -0.25) is 4.79 Å². The molecule has 1 aromatic carbocycles. The van der Waals surface area contributed by atoms with Gasteiger partial charge in [-0.2, -0.15) is 0 Å². The van der Waals surface area contributed by atoms with Gasteiger partial charge in [-0.05, 0) is 31.4 Å². The summed E-state index contributed by atoms with van der Waals surface area (Å²) in [6.45, 7) is 1.87. The van der Waals surface area contributed by atoms with Crippen LogP contribution >= 0.6 is 0 Å². The van der Waals surface area contributed by atoms with E-state index < -0.39 is 11.9 Å². The summed E-state index contributed by atoms with van der Waals surface area (Å²) in [5.74, 6) is -0.147. The lowest BCUT2D eigenvalue weighted by Crippen LogP contribution is -2.30. The van der Waals surface area contributed by atoms with Crippen molar-refractivity contribution in [3.05, 3.63) is 47.9 Å². The number of rotatable bonds is 4. The molecule has 1 amide bonds. The number of ether oxygens (including phenoxy) is 1. The summed E-state index contributed by atoms with van der Waals surface area (Å²) in [5, 5.41) is 2.72. The molecule has 0 spiro atoms. The van der Waals surface area contributed by atoms with Crippen molar-refractivity contribution in [2.24, 2.45) is 0 Å². The molecule has 0 aliphatic carbocycles. The van der Waals surface area contributed by atoms with Crippen molar-refractivity contribution in [2.45, 2.75) is 19.3 Å². The van der Waals surface area contributed by atoms with Gasteiger partial charge >= 0.3 is 5.97 Å². The van der Waals surface area contributed by atoms with Gasteiger partial charge in [0.1, 0.15) is 17.8 Å². The fourth-order valence-electron chi connectivity index (χ4n) is 2.83. The molecule has 25 heavy (non-hydrogen) atoms. The molecule has 1 saturated heterocycles. The second kappa shape index (κ2) is 7.74. The fourth-order valence-corrected chi connectivity index (χ4v) is 2.83. The maximum atomic E-state index is 12.5. The van der Waals surface area contributed by atoms with E-state index in [9.17, 15) is 9.59 Å². The first kappa shape index (κ1) is 16.9. The van der Waals surface area contributed by atoms with E-state index in [2.05, 4.69) is 20.2 Å². The molecule has 0 atom stereocenters. The largest absolute Gasteiger partial charge is 0.465 e. The summed E-state index contributed by atoms with van der Waals surface area (Å²) < 4.78 is 4.74. The van der Waals surface area contributed by atoms with E-state index in [1.807, 2.05) is 0 Å². The van der Waals surface area contributed by atoms with Crippen LogP contribution in [-0.2, 0) is 4.74 Å². The second-order valence-corrected chi connectivity index (χ2v) is 5.80. The van der Waals surface area contributed by atoms with E-state index in [-0.39, 0.29) is 5.69 Å². The Kier molecular flexibility index (Phi) is 5.23. The number of para-hydroxylation sites is 1. The molecule has 7 nitrogen and oxygen atoms in total. The number of hydrogen-bond acceptors (Lipinski definition) is 6. The van der Waals surface area contributed by atoms with E-state index in [4.69, 9.17) is 4.74 Å². The van der Waals surface area contributed by atoms with Crippen LogP contribution in [0.3, 0.4) is 0 Å². The van der Waals surface area contributed by atoms with Gasteiger partial charge in [-0.25, -0.2) is 14.8 Å². The number of hydrogen-bond donors (Lipinski definition) is 1. The number of amides is 1. The highest BCUT2D eigenvalue weighted by atomic mass is 16.5. The number of esters is 1. The van der Waals surface area contributed by atoms with Gasteiger partial charge in [0.05, 0.1) is 18.4 Å². The lowest BCUT2D eigenvalue weighted by Gasteiger charge is -2.27. The third-order valence-corrected chi connectivity index (χ3v) is 4.15. The SMILES string of the molecule is COC(=O)c1ccccc1NC(=O)c1cc(N2CCCCC2)ncn1. The molecule has 0 radical (unpaired) electrons. The van der Waals surface area contributed by atoms with Gasteiger partial charge in [-0.15, -0.1) is 0 Å². The van der Waals surface area contributed by atoms with Crippen molar-refractivity contribution in [1.29, 1.82) is 0 Å².